The third kappa shape index (κ3) is 5.86. The average molecular weight is 556 g/mol. The smallest absolute Gasteiger partial charge is 0.335 e. The van der Waals surface area contributed by atoms with E-state index in [1.807, 2.05) is 0 Å². The number of nitrogens with two attached hydrogens (primary N) is 1. The van der Waals surface area contributed by atoms with Gasteiger partial charge in [0, 0.05) is 12.0 Å². The molecule has 0 aliphatic rings. The highest BCUT2D eigenvalue weighted by Crippen LogP contribution is 2.20. The van der Waals surface area contributed by atoms with Crippen LogP contribution in [0.15, 0.2) is 88.2 Å². The molecule has 1 atom stereocenters. The molecule has 5 rings (SSSR count). The summed E-state index contributed by atoms with van der Waals surface area (Å²) in [6, 6.07) is 16.9. The van der Waals surface area contributed by atoms with Crippen LogP contribution in [-0.2, 0) is 17.8 Å². The number of fused-ring (bicyclic) bond motifs is 1. The molecular formula is C29H22FN5O6. The Morgan fingerprint density at radius 3 is 2.49 bits per heavy atom. The zero-order valence-electron chi connectivity index (χ0n) is 21.3. The van der Waals surface area contributed by atoms with Crippen molar-refractivity contribution in [1.82, 2.24) is 19.9 Å². The van der Waals surface area contributed by atoms with Crippen molar-refractivity contribution >= 4 is 34.4 Å². The number of halogens is 1. The van der Waals surface area contributed by atoms with Gasteiger partial charge >= 0.3 is 5.97 Å². The highest BCUT2D eigenvalue weighted by Gasteiger charge is 2.28. The number of Topliss-reactive ketones (excluding diaryl/α,β-unsaturated/α-hetero) is 1. The fraction of sp³-hybridized carbons (Fsp3) is 0.103. The Kier molecular flexibility index (Phi) is 7.37. The standard InChI is InChI=1S/C29H22FN5O6/c30-19-9-6-17(7-10-19)26-32-14-20(31)28(38)35(26)15-24(36)33-22(12-16-4-2-1-3-5-16)25(37)27-34-21-11-8-18(29(39)40)13-23(21)41-27/h1-11,13-14,22H,12,15,31H2,(H,33,36)(H,39,40). The van der Waals surface area contributed by atoms with Crippen LogP contribution in [0.4, 0.5) is 10.1 Å². The lowest BCUT2D eigenvalue weighted by atomic mass is 10.0. The molecular weight excluding hydrogens is 533 g/mol. The summed E-state index contributed by atoms with van der Waals surface area (Å²) in [6.45, 7) is -0.544. The molecule has 0 aliphatic carbocycles. The molecule has 12 heteroatoms. The number of rotatable bonds is 9. The van der Waals surface area contributed by atoms with Crippen molar-refractivity contribution in [3.63, 3.8) is 0 Å². The molecule has 11 nitrogen and oxygen atoms in total. The van der Waals surface area contributed by atoms with Gasteiger partial charge in [-0.3, -0.25) is 19.0 Å². The lowest BCUT2D eigenvalue weighted by Gasteiger charge is -2.18. The van der Waals surface area contributed by atoms with E-state index >= 15 is 0 Å². The number of hydrogen-bond donors (Lipinski definition) is 3. The first kappa shape index (κ1) is 26.9. The van der Waals surface area contributed by atoms with Crippen LogP contribution in [-0.4, -0.2) is 43.3 Å². The second-order valence-electron chi connectivity index (χ2n) is 9.12. The van der Waals surface area contributed by atoms with Gasteiger partial charge in [0.15, 0.2) is 5.58 Å². The second kappa shape index (κ2) is 11.2. The maximum Gasteiger partial charge on any atom is 0.335 e. The van der Waals surface area contributed by atoms with E-state index in [2.05, 4.69) is 15.3 Å². The number of benzene rings is 3. The van der Waals surface area contributed by atoms with Gasteiger partial charge < -0.3 is 20.6 Å². The predicted molar refractivity (Wildman–Crippen MR) is 146 cm³/mol. The molecule has 0 bridgehead atoms. The fourth-order valence-electron chi connectivity index (χ4n) is 4.24. The molecule has 2 heterocycles. The van der Waals surface area contributed by atoms with Crippen LogP contribution < -0.4 is 16.6 Å². The molecule has 0 spiro atoms. The number of anilines is 1. The van der Waals surface area contributed by atoms with Crippen LogP contribution in [0.2, 0.25) is 0 Å². The van der Waals surface area contributed by atoms with Crippen LogP contribution in [0.1, 0.15) is 26.6 Å². The Morgan fingerprint density at radius 1 is 1.05 bits per heavy atom. The van der Waals surface area contributed by atoms with Crippen molar-refractivity contribution in [2.45, 2.75) is 19.0 Å². The van der Waals surface area contributed by atoms with Crippen LogP contribution >= 0.6 is 0 Å². The summed E-state index contributed by atoms with van der Waals surface area (Å²) in [6.07, 6.45) is 1.22. The van der Waals surface area contributed by atoms with Crippen molar-refractivity contribution in [2.24, 2.45) is 0 Å². The minimum Gasteiger partial charge on any atom is -0.478 e. The Morgan fingerprint density at radius 2 is 1.78 bits per heavy atom. The van der Waals surface area contributed by atoms with E-state index in [0.29, 0.717) is 5.56 Å². The first-order chi connectivity index (χ1) is 19.7. The number of oxazole rings is 1. The van der Waals surface area contributed by atoms with Gasteiger partial charge in [0.05, 0.1) is 11.8 Å². The molecule has 1 unspecified atom stereocenters. The molecule has 206 valence electrons. The zero-order valence-corrected chi connectivity index (χ0v) is 21.3. The third-order valence-corrected chi connectivity index (χ3v) is 6.26. The minimum atomic E-state index is -1.17. The van der Waals surface area contributed by atoms with Crippen molar-refractivity contribution in [3.8, 4) is 11.4 Å². The lowest BCUT2D eigenvalue weighted by Crippen LogP contribution is -2.45. The Bertz CT molecular complexity index is 1830. The number of carboxylic acid groups (broad SMARTS) is 1. The van der Waals surface area contributed by atoms with Crippen molar-refractivity contribution < 1.29 is 28.3 Å². The van der Waals surface area contributed by atoms with Gasteiger partial charge in [0.25, 0.3) is 11.4 Å². The summed E-state index contributed by atoms with van der Waals surface area (Å²) < 4.78 is 20.1. The number of nitrogens with zero attached hydrogens (tertiary/aromatic N) is 3. The SMILES string of the molecule is Nc1cnc(-c2ccc(F)cc2)n(CC(=O)NC(Cc2ccccc2)C(=O)c2nc3ccc(C(=O)O)cc3o2)c1=O. The Hall–Kier alpha value is -5.65. The van der Waals surface area contributed by atoms with Crippen molar-refractivity contribution in [2.75, 3.05) is 5.73 Å². The quantitative estimate of drug-likeness (QED) is 0.231. The van der Waals surface area contributed by atoms with Crippen LogP contribution in [0.25, 0.3) is 22.5 Å². The van der Waals surface area contributed by atoms with E-state index in [0.717, 1.165) is 16.3 Å². The van der Waals surface area contributed by atoms with Crippen LogP contribution in [0.3, 0.4) is 0 Å². The molecule has 1 amide bonds. The van der Waals surface area contributed by atoms with Gasteiger partial charge in [0.2, 0.25) is 11.7 Å². The summed E-state index contributed by atoms with van der Waals surface area (Å²) in [4.78, 5) is 59.4. The topological polar surface area (TPSA) is 170 Å². The molecule has 0 radical (unpaired) electrons. The maximum atomic E-state index is 13.5. The number of amides is 1. The summed E-state index contributed by atoms with van der Waals surface area (Å²) in [5.74, 6) is -3.27. The number of aromatic carboxylic acids is 1. The van der Waals surface area contributed by atoms with E-state index in [9.17, 15) is 28.7 Å². The molecule has 3 aromatic carbocycles. The Labute approximate surface area is 231 Å². The number of nitrogens with one attached hydrogen (secondary N) is 1. The summed E-state index contributed by atoms with van der Waals surface area (Å²) >= 11 is 0. The molecule has 5 aromatic rings. The van der Waals surface area contributed by atoms with E-state index in [1.54, 1.807) is 30.3 Å². The van der Waals surface area contributed by atoms with Gasteiger partial charge in [-0.15, -0.1) is 0 Å². The molecule has 0 aliphatic heterocycles. The first-order valence-electron chi connectivity index (χ1n) is 12.3. The van der Waals surface area contributed by atoms with Gasteiger partial charge in [-0.05, 0) is 48.0 Å². The van der Waals surface area contributed by atoms with Gasteiger partial charge in [-0.2, -0.15) is 0 Å². The minimum absolute atomic E-state index is 0.0417. The summed E-state index contributed by atoms with van der Waals surface area (Å²) in [7, 11) is 0. The molecule has 2 aromatic heterocycles. The van der Waals surface area contributed by atoms with E-state index < -0.39 is 41.6 Å². The third-order valence-electron chi connectivity index (χ3n) is 6.26. The highest BCUT2D eigenvalue weighted by atomic mass is 19.1. The number of aromatic nitrogens is 3. The number of nitrogen functional groups attached to an aromatic ring is 1. The van der Waals surface area contributed by atoms with Crippen LogP contribution in [0.5, 0.6) is 0 Å². The number of ketones is 1. The number of carbonyl (C=O) groups is 3. The van der Waals surface area contributed by atoms with Crippen molar-refractivity contribution in [3.05, 3.63) is 112 Å². The first-order valence-corrected chi connectivity index (χ1v) is 12.3. The van der Waals surface area contributed by atoms with Gasteiger partial charge in [-0.25, -0.2) is 19.2 Å². The van der Waals surface area contributed by atoms with Gasteiger partial charge in [-0.1, -0.05) is 30.3 Å². The Balaban J connectivity index is 1.45. The van der Waals surface area contributed by atoms with Crippen LogP contribution in [0, 0.1) is 5.82 Å². The zero-order chi connectivity index (χ0) is 29.1. The molecule has 0 saturated carbocycles. The normalized spacial score (nSPS) is 11.7. The highest BCUT2D eigenvalue weighted by molar-refractivity contribution is 6.01. The monoisotopic (exact) mass is 555 g/mol. The number of carbonyl (C=O) groups excluding carboxylic acids is 2. The van der Waals surface area contributed by atoms with E-state index in [4.69, 9.17) is 10.2 Å². The second-order valence-corrected chi connectivity index (χ2v) is 9.12. The number of carboxylic acids is 1. The van der Waals surface area contributed by atoms with Crippen molar-refractivity contribution in [1.29, 1.82) is 0 Å². The predicted octanol–water partition coefficient (Wildman–Crippen LogP) is 3.08. The average Bonchev–Trinajstić information content (AvgIpc) is 3.40. The largest absolute Gasteiger partial charge is 0.478 e. The van der Waals surface area contributed by atoms with E-state index in [1.165, 1.54) is 42.5 Å². The molecule has 0 saturated heterocycles. The maximum absolute atomic E-state index is 13.5. The summed E-state index contributed by atoms with van der Waals surface area (Å²) in [5.41, 5.74) is 6.30. The lowest BCUT2D eigenvalue weighted by molar-refractivity contribution is -0.122. The summed E-state index contributed by atoms with van der Waals surface area (Å²) in [5, 5.41) is 11.9. The number of hydrogen-bond acceptors (Lipinski definition) is 8. The molecule has 0 fully saturated rings. The molecule has 4 N–H and O–H groups in total. The molecule has 41 heavy (non-hydrogen) atoms. The fourth-order valence-corrected chi connectivity index (χ4v) is 4.24. The van der Waals surface area contributed by atoms with E-state index in [-0.39, 0.29) is 40.5 Å². The van der Waals surface area contributed by atoms with Gasteiger partial charge in [0.1, 0.15) is 35.4 Å².